The van der Waals surface area contributed by atoms with E-state index in [1.165, 1.54) is 0 Å². The number of benzene rings is 1. The molecule has 0 bridgehead atoms. The first-order valence-electron chi connectivity index (χ1n) is 3.25. The van der Waals surface area contributed by atoms with Crippen molar-refractivity contribution >= 4 is 11.7 Å². The summed E-state index contributed by atoms with van der Waals surface area (Å²) in [5.74, 6) is 0. The summed E-state index contributed by atoms with van der Waals surface area (Å²) in [6.07, 6.45) is 0. The van der Waals surface area contributed by atoms with Gasteiger partial charge in [0.2, 0.25) is 0 Å². The Bertz CT molecular complexity index is 189. The second kappa shape index (κ2) is 8.13. The maximum absolute atomic E-state index is 10.1. The van der Waals surface area contributed by atoms with Crippen molar-refractivity contribution in [2.45, 2.75) is 16.7 Å². The van der Waals surface area contributed by atoms with Crippen LogP contribution in [-0.2, 0) is 30.9 Å². The van der Waals surface area contributed by atoms with Crippen molar-refractivity contribution in [1.82, 2.24) is 0 Å². The van der Waals surface area contributed by atoms with Crippen molar-refractivity contribution in [3.63, 3.8) is 0 Å². The van der Waals surface area contributed by atoms with E-state index in [-0.39, 0.29) is 11.7 Å². The number of hydrogen-bond acceptors (Lipinski definition) is 1. The molecular weight excluding hydrogens is 251 g/mol. The Hall–Kier alpha value is 0.0323. The van der Waals surface area contributed by atoms with Crippen molar-refractivity contribution in [2.24, 2.45) is 0 Å². The van der Waals surface area contributed by atoms with Gasteiger partial charge >= 0.3 is 31.0 Å². The summed E-state index contributed by atoms with van der Waals surface area (Å²) < 4.78 is 10.1. The van der Waals surface area contributed by atoms with Crippen molar-refractivity contribution in [3.8, 4) is 0 Å². The van der Waals surface area contributed by atoms with Crippen molar-refractivity contribution in [1.29, 1.82) is 0 Å². The summed E-state index contributed by atoms with van der Waals surface area (Å²) in [7, 11) is 0. The van der Waals surface area contributed by atoms with Gasteiger partial charge in [0.1, 0.15) is 0 Å². The van der Waals surface area contributed by atoms with Crippen molar-refractivity contribution in [2.75, 3.05) is 0 Å². The van der Waals surface area contributed by atoms with Crippen LogP contribution in [0.15, 0.2) is 35.2 Å². The third-order valence-electron chi connectivity index (χ3n) is 0.862. The molecule has 0 radical (unpaired) electrons. The van der Waals surface area contributed by atoms with Gasteiger partial charge in [0.15, 0.2) is 0 Å². The number of rotatable bonds is 1. The minimum atomic E-state index is 0.0994. The molecule has 1 aromatic rings. The van der Waals surface area contributed by atoms with Crippen LogP contribution in [0.1, 0.15) is 6.92 Å². The molecule has 3 heteroatoms. The predicted octanol–water partition coefficient (Wildman–Crippen LogP) is 1.96. The van der Waals surface area contributed by atoms with Gasteiger partial charge < -0.3 is 0 Å². The van der Waals surface area contributed by atoms with Gasteiger partial charge in [0.05, 0.1) is 0 Å². The van der Waals surface area contributed by atoms with Gasteiger partial charge in [-0.1, -0.05) is 18.2 Å². The van der Waals surface area contributed by atoms with Gasteiger partial charge in [-0.05, 0) is 12.1 Å². The Balaban J connectivity index is 0.000000292. The summed E-state index contributed by atoms with van der Waals surface area (Å²) in [6.45, 7) is 2.06. The van der Waals surface area contributed by atoms with Gasteiger partial charge in [-0.25, -0.2) is 0 Å². The smallest absolute Gasteiger partial charge is 0.0396 e. The Morgan fingerprint density at radius 2 is 1.82 bits per heavy atom. The molecule has 0 fully saturated rings. The molecule has 0 aromatic heterocycles. The molecule has 0 N–H and O–H groups in total. The first kappa shape index (κ1) is 11.0. The maximum Gasteiger partial charge on any atom is 0.0396 e. The molecule has 0 amide bonds. The Morgan fingerprint density at radius 3 is 2.09 bits per heavy atom. The summed E-state index contributed by atoms with van der Waals surface area (Å²) in [6, 6.07) is 9.25. The Kier molecular flexibility index (Phi) is 8.16. The standard InChI is InChI=1S/C6H6OS.C2H5.Pd/c7-8-6-4-2-1-3-5-6;1-2;/h1-5,8H;1H2,2H3;. The first-order valence-corrected chi connectivity index (χ1v) is 5.16. The summed E-state index contributed by atoms with van der Waals surface area (Å²) >= 11 is 3.04. The third kappa shape index (κ3) is 6.43. The van der Waals surface area contributed by atoms with Gasteiger partial charge in [0, 0.05) is 16.6 Å². The van der Waals surface area contributed by atoms with Crippen molar-refractivity contribution in [3.05, 3.63) is 30.3 Å². The normalized spacial score (nSPS) is 8.27. The zero-order valence-corrected chi connectivity index (χ0v) is 8.71. The van der Waals surface area contributed by atoms with Gasteiger partial charge in [-0.2, -0.15) is 0 Å². The Labute approximate surface area is 82.1 Å². The van der Waals surface area contributed by atoms with Gasteiger partial charge in [-0.3, -0.25) is 4.21 Å². The SMILES string of the molecule is C[CH2][Pd].O=[SH]c1ccccc1. The molecule has 0 saturated heterocycles. The van der Waals surface area contributed by atoms with Crippen LogP contribution in [0.25, 0.3) is 0 Å². The number of hydrogen-bond donors (Lipinski definition) is 1. The third-order valence-corrected chi connectivity index (χ3v) is 1.37. The van der Waals surface area contributed by atoms with Crippen LogP contribution in [-0.4, -0.2) is 4.21 Å². The van der Waals surface area contributed by atoms with Gasteiger partial charge in [-0.15, -0.1) is 0 Å². The summed E-state index contributed by atoms with van der Waals surface area (Å²) in [5.41, 5.74) is 0. The second-order valence-corrected chi connectivity index (χ2v) is 3.45. The molecular formula is C8H11OPdS. The van der Waals surface area contributed by atoms with E-state index in [9.17, 15) is 4.21 Å². The van der Waals surface area contributed by atoms with Crippen molar-refractivity contribution < 1.29 is 23.4 Å². The van der Waals surface area contributed by atoms with Crippen LogP contribution in [0, 0.1) is 0 Å². The molecule has 1 rings (SSSR count). The molecule has 65 valence electrons. The van der Waals surface area contributed by atoms with E-state index in [4.69, 9.17) is 0 Å². The van der Waals surface area contributed by atoms with Crippen LogP contribution in [0.4, 0.5) is 0 Å². The molecule has 0 heterocycles. The zero-order chi connectivity index (χ0) is 8.53. The molecule has 1 aromatic carbocycles. The van der Waals surface area contributed by atoms with E-state index in [1.54, 1.807) is 0 Å². The largest absolute Gasteiger partial charge is 0.258 e. The minimum Gasteiger partial charge on any atom is -0.258 e. The topological polar surface area (TPSA) is 17.1 Å². The van der Waals surface area contributed by atoms with E-state index in [2.05, 4.69) is 26.1 Å². The molecule has 0 unspecified atom stereocenters. The quantitative estimate of drug-likeness (QED) is 0.604. The molecule has 11 heavy (non-hydrogen) atoms. The molecule has 0 aliphatic heterocycles. The van der Waals surface area contributed by atoms with Crippen LogP contribution in [0.5, 0.6) is 0 Å². The monoisotopic (exact) mass is 261 g/mol. The average molecular weight is 262 g/mol. The fourth-order valence-corrected chi connectivity index (χ4v) is 0.783. The molecule has 0 aliphatic rings. The Morgan fingerprint density at radius 1 is 1.36 bits per heavy atom. The second-order valence-electron chi connectivity index (χ2n) is 1.65. The van der Waals surface area contributed by atoms with E-state index in [0.717, 1.165) is 9.79 Å². The minimum absolute atomic E-state index is 0.0994. The fraction of sp³-hybridized carbons (Fsp3) is 0.250. The van der Waals surface area contributed by atoms with Crippen LogP contribution < -0.4 is 0 Å². The van der Waals surface area contributed by atoms with E-state index in [0.29, 0.717) is 0 Å². The fourth-order valence-electron chi connectivity index (χ4n) is 0.489. The predicted molar refractivity (Wildman–Crippen MR) is 44.7 cm³/mol. The average Bonchev–Trinajstić information content (AvgIpc) is 2.08. The van der Waals surface area contributed by atoms with Crippen LogP contribution in [0.3, 0.4) is 0 Å². The molecule has 1 nitrogen and oxygen atoms in total. The van der Waals surface area contributed by atoms with E-state index in [1.807, 2.05) is 30.3 Å². The molecule has 0 saturated carbocycles. The molecule has 0 atom stereocenters. The van der Waals surface area contributed by atoms with E-state index < -0.39 is 0 Å². The molecule has 0 aliphatic carbocycles. The van der Waals surface area contributed by atoms with Crippen LogP contribution in [0.2, 0.25) is 4.89 Å². The molecule has 0 spiro atoms. The van der Waals surface area contributed by atoms with E-state index >= 15 is 0 Å². The maximum atomic E-state index is 10.1. The summed E-state index contributed by atoms with van der Waals surface area (Å²) in [4.78, 5) is 1.93. The van der Waals surface area contributed by atoms with Crippen LogP contribution >= 0.6 is 0 Å². The summed E-state index contributed by atoms with van der Waals surface area (Å²) in [5, 5.41) is 0. The number of thiol groups is 1. The van der Waals surface area contributed by atoms with Gasteiger partial charge in [0.25, 0.3) is 0 Å². The zero-order valence-electron chi connectivity index (χ0n) is 6.27. The first-order chi connectivity index (χ1) is 5.35.